The zero-order chi connectivity index (χ0) is 4.91. The van der Waals surface area contributed by atoms with Gasteiger partial charge < -0.3 is 5.73 Å². The molecule has 0 unspecified atom stereocenters. The van der Waals surface area contributed by atoms with E-state index in [4.69, 9.17) is 5.73 Å². The van der Waals surface area contributed by atoms with Gasteiger partial charge in [-0.2, -0.15) is 0 Å². The summed E-state index contributed by atoms with van der Waals surface area (Å²) in [5, 5.41) is 0. The van der Waals surface area contributed by atoms with E-state index in [1.54, 1.807) is 0 Å². The fourth-order valence-corrected chi connectivity index (χ4v) is 1.57. The quantitative estimate of drug-likeness (QED) is 0.380. The van der Waals surface area contributed by atoms with Crippen molar-refractivity contribution in [3.63, 3.8) is 0 Å². The monoisotopic (exact) mass is 135 g/mol. The molecule has 0 radical (unpaired) electrons. The summed E-state index contributed by atoms with van der Waals surface area (Å²) in [6, 6.07) is 0.322. The van der Waals surface area contributed by atoms with Gasteiger partial charge in [0.25, 0.3) is 0 Å². The van der Waals surface area contributed by atoms with Gasteiger partial charge in [-0.1, -0.05) is 12.8 Å². The van der Waals surface area contributed by atoms with Gasteiger partial charge in [-0.15, -0.1) is 6.04 Å². The van der Waals surface area contributed by atoms with E-state index in [0.29, 0.717) is 6.04 Å². The van der Waals surface area contributed by atoms with Gasteiger partial charge >= 0.3 is 51.4 Å². The molecule has 2 fully saturated rings. The molecule has 0 bridgehead atoms. The maximum absolute atomic E-state index is 7.21. The van der Waals surface area contributed by atoms with Crippen LogP contribution in [0.25, 0.3) is 5.73 Å². The normalized spacial score (nSPS) is 31.1. The van der Waals surface area contributed by atoms with Gasteiger partial charge in [-0.05, 0) is 18.3 Å². The van der Waals surface area contributed by atoms with Crippen LogP contribution >= 0.6 is 0 Å². The predicted molar refractivity (Wildman–Crippen MR) is 29.0 cm³/mol. The zero-order valence-electron chi connectivity index (χ0n) is 5.41. The molecule has 0 atom stereocenters. The van der Waals surface area contributed by atoms with Gasteiger partial charge in [-0.3, -0.25) is 0 Å². The van der Waals surface area contributed by atoms with Gasteiger partial charge in [0.1, 0.15) is 0 Å². The van der Waals surface area contributed by atoms with E-state index in [1.807, 2.05) is 0 Å². The van der Waals surface area contributed by atoms with Crippen molar-refractivity contribution in [2.45, 2.75) is 31.7 Å². The molecule has 0 heterocycles. The van der Waals surface area contributed by atoms with Crippen LogP contribution in [0.3, 0.4) is 0 Å². The Morgan fingerprint density at radius 3 is 1.88 bits per heavy atom. The number of hydrogen-bond donors (Lipinski definition) is 0. The average Bonchev–Trinajstić information content (AvgIpc) is 2.14. The Labute approximate surface area is 92.8 Å². The van der Waals surface area contributed by atoms with Gasteiger partial charge in [0.05, 0.1) is 0 Å². The summed E-state index contributed by atoms with van der Waals surface area (Å²) in [6.45, 7) is 0. The van der Waals surface area contributed by atoms with Crippen molar-refractivity contribution < 1.29 is 51.4 Å². The SMILES string of the molecule is [K+].[NH-]C1CC2(CC2)C1. The first kappa shape index (κ1) is 7.70. The number of nitrogens with one attached hydrogen (secondary N) is 1. The first-order valence-electron chi connectivity index (χ1n) is 3.02. The molecule has 0 amide bonds. The Balaban J connectivity index is 0.000000320. The number of hydrogen-bond acceptors (Lipinski definition) is 0. The van der Waals surface area contributed by atoms with Crippen molar-refractivity contribution in [1.29, 1.82) is 0 Å². The van der Waals surface area contributed by atoms with Crippen molar-refractivity contribution in [1.82, 2.24) is 0 Å². The topological polar surface area (TPSA) is 23.8 Å². The van der Waals surface area contributed by atoms with E-state index in [0.717, 1.165) is 5.41 Å². The molecule has 2 aliphatic carbocycles. The van der Waals surface area contributed by atoms with Crippen LogP contribution in [0.1, 0.15) is 25.7 Å². The summed E-state index contributed by atoms with van der Waals surface area (Å²) >= 11 is 0. The van der Waals surface area contributed by atoms with E-state index in [1.165, 1.54) is 25.7 Å². The Hall–Kier alpha value is 1.60. The van der Waals surface area contributed by atoms with Crippen LogP contribution in [-0.2, 0) is 0 Å². The van der Waals surface area contributed by atoms with Crippen LogP contribution in [-0.4, -0.2) is 6.04 Å². The molecule has 40 valence electrons. The van der Waals surface area contributed by atoms with Crippen molar-refractivity contribution >= 4 is 0 Å². The van der Waals surface area contributed by atoms with Crippen molar-refractivity contribution in [2.24, 2.45) is 5.41 Å². The summed E-state index contributed by atoms with van der Waals surface area (Å²) in [4.78, 5) is 0. The Kier molecular flexibility index (Phi) is 2.24. The van der Waals surface area contributed by atoms with Crippen LogP contribution in [0.2, 0.25) is 0 Å². The minimum Gasteiger partial charge on any atom is -0.675 e. The summed E-state index contributed by atoms with van der Waals surface area (Å²) in [6.07, 6.45) is 5.30. The fraction of sp³-hybridized carbons (Fsp3) is 1.00. The summed E-state index contributed by atoms with van der Waals surface area (Å²) in [5.41, 5.74) is 7.97. The minimum absolute atomic E-state index is 0. The summed E-state index contributed by atoms with van der Waals surface area (Å²) in [5.74, 6) is 0. The average molecular weight is 135 g/mol. The van der Waals surface area contributed by atoms with Gasteiger partial charge in [0.2, 0.25) is 0 Å². The molecular formula is C6H10KN. The smallest absolute Gasteiger partial charge is 0.675 e. The predicted octanol–water partition coefficient (Wildman–Crippen LogP) is -1.01. The maximum atomic E-state index is 7.21. The molecule has 1 N–H and O–H groups in total. The third-order valence-electron chi connectivity index (χ3n) is 2.32. The Bertz CT molecular complexity index is 90.7. The molecule has 0 aromatic rings. The third kappa shape index (κ3) is 1.20. The largest absolute Gasteiger partial charge is 1.00 e. The molecular weight excluding hydrogens is 125 g/mol. The molecule has 0 saturated heterocycles. The fourth-order valence-electron chi connectivity index (χ4n) is 1.57. The van der Waals surface area contributed by atoms with Crippen LogP contribution in [0, 0.1) is 5.41 Å². The molecule has 2 aliphatic rings. The Morgan fingerprint density at radius 1 is 1.25 bits per heavy atom. The maximum Gasteiger partial charge on any atom is 1.00 e. The standard InChI is InChI=1S/C6H10N.K/c7-5-3-6(4-5)1-2-6;/h5,7H,1-4H2;/q-1;+1. The minimum atomic E-state index is 0. The molecule has 8 heavy (non-hydrogen) atoms. The van der Waals surface area contributed by atoms with Crippen molar-refractivity contribution in [3.8, 4) is 0 Å². The van der Waals surface area contributed by atoms with Crippen LogP contribution < -0.4 is 51.4 Å². The molecule has 2 heteroatoms. The molecule has 0 aromatic heterocycles. The third-order valence-corrected chi connectivity index (χ3v) is 2.32. The van der Waals surface area contributed by atoms with E-state index in [2.05, 4.69) is 0 Å². The molecule has 0 aliphatic heterocycles. The van der Waals surface area contributed by atoms with Crippen LogP contribution in [0.15, 0.2) is 0 Å². The van der Waals surface area contributed by atoms with Crippen LogP contribution in [0.4, 0.5) is 0 Å². The van der Waals surface area contributed by atoms with Crippen LogP contribution in [0.5, 0.6) is 0 Å². The zero-order valence-corrected chi connectivity index (χ0v) is 8.53. The van der Waals surface area contributed by atoms with E-state index >= 15 is 0 Å². The molecule has 2 rings (SSSR count). The Morgan fingerprint density at radius 2 is 1.75 bits per heavy atom. The second-order valence-electron chi connectivity index (χ2n) is 3.11. The molecule has 2 saturated carbocycles. The molecule has 1 spiro atoms. The van der Waals surface area contributed by atoms with E-state index in [-0.39, 0.29) is 51.4 Å². The summed E-state index contributed by atoms with van der Waals surface area (Å²) in [7, 11) is 0. The summed E-state index contributed by atoms with van der Waals surface area (Å²) < 4.78 is 0. The molecule has 1 nitrogen and oxygen atoms in total. The molecule has 0 aromatic carbocycles. The van der Waals surface area contributed by atoms with Crippen molar-refractivity contribution in [2.75, 3.05) is 0 Å². The first-order valence-corrected chi connectivity index (χ1v) is 3.02. The second-order valence-corrected chi connectivity index (χ2v) is 3.11. The van der Waals surface area contributed by atoms with Gasteiger partial charge in [0, 0.05) is 0 Å². The van der Waals surface area contributed by atoms with E-state index in [9.17, 15) is 0 Å². The number of rotatable bonds is 0. The van der Waals surface area contributed by atoms with Gasteiger partial charge in [-0.25, -0.2) is 0 Å². The van der Waals surface area contributed by atoms with E-state index < -0.39 is 0 Å². The second kappa shape index (κ2) is 2.33. The van der Waals surface area contributed by atoms with Crippen molar-refractivity contribution in [3.05, 3.63) is 5.73 Å². The first-order chi connectivity index (χ1) is 3.31. The van der Waals surface area contributed by atoms with Gasteiger partial charge in [0.15, 0.2) is 0 Å².